The van der Waals surface area contributed by atoms with Crippen molar-refractivity contribution in [2.75, 3.05) is 19.4 Å². The molecule has 6 unspecified atom stereocenters. The maximum absolute atomic E-state index is 14.3. The first-order valence-corrected chi connectivity index (χ1v) is 21.4. The first kappa shape index (κ1) is 41.0. The molecule has 0 bridgehead atoms. The van der Waals surface area contributed by atoms with E-state index in [1.165, 1.54) is 7.11 Å². The molecule has 3 saturated heterocycles. The zero-order valence-electron chi connectivity index (χ0n) is 32.5. The van der Waals surface area contributed by atoms with Gasteiger partial charge in [-0.2, -0.15) is 0 Å². The van der Waals surface area contributed by atoms with Gasteiger partial charge in [0.1, 0.15) is 18.1 Å². The van der Waals surface area contributed by atoms with E-state index in [4.69, 9.17) is 4.74 Å². The van der Waals surface area contributed by atoms with Crippen molar-refractivity contribution in [2.24, 2.45) is 11.8 Å². The van der Waals surface area contributed by atoms with Gasteiger partial charge in [-0.3, -0.25) is 19.2 Å². The van der Waals surface area contributed by atoms with Crippen LogP contribution < -0.4 is 10.6 Å². The van der Waals surface area contributed by atoms with E-state index in [2.05, 4.69) is 10.6 Å². The zero-order chi connectivity index (χ0) is 39.3. The largest absolute Gasteiger partial charge is 0.467 e. The van der Waals surface area contributed by atoms with Crippen LogP contribution in [0.15, 0.2) is 91.0 Å². The molecule has 11 heteroatoms. The second kappa shape index (κ2) is 20.5. The summed E-state index contributed by atoms with van der Waals surface area (Å²) in [7, 11) is 1.34. The van der Waals surface area contributed by atoms with Crippen molar-refractivity contribution in [1.82, 2.24) is 20.4 Å². The monoisotopic (exact) mass is 780 g/mol. The SMILES string of the molecule is COC(=O)C1CCCC2SCCC(NC(=O)C(CCC(Cc3ccccc3)C(=O)NC3CCCCCN(Cc4ccccc4)C3=O)Cc3ccccc3)C(=O)N21. The lowest BCUT2D eigenvalue weighted by atomic mass is 9.86. The Hall–Kier alpha value is -4.64. The van der Waals surface area contributed by atoms with Crippen LogP contribution in [-0.2, 0) is 48.1 Å². The molecule has 2 N–H and O–H groups in total. The molecule has 0 aromatic heterocycles. The summed E-state index contributed by atoms with van der Waals surface area (Å²) in [6.45, 7) is 1.15. The van der Waals surface area contributed by atoms with E-state index in [9.17, 15) is 24.0 Å². The second-order valence-electron chi connectivity index (χ2n) is 15.4. The highest BCUT2D eigenvalue weighted by Crippen LogP contribution is 2.35. The summed E-state index contributed by atoms with van der Waals surface area (Å²) >= 11 is 1.66. The molecule has 3 fully saturated rings. The molecule has 4 amide bonds. The topological polar surface area (TPSA) is 125 Å². The highest BCUT2D eigenvalue weighted by Gasteiger charge is 2.44. The van der Waals surface area contributed by atoms with Gasteiger partial charge in [0.05, 0.1) is 12.5 Å². The van der Waals surface area contributed by atoms with Gasteiger partial charge in [0.2, 0.25) is 23.6 Å². The molecule has 10 nitrogen and oxygen atoms in total. The Bertz CT molecular complexity index is 1760. The third kappa shape index (κ3) is 11.0. The molecule has 298 valence electrons. The quantitative estimate of drug-likeness (QED) is 0.190. The van der Waals surface area contributed by atoms with E-state index in [-0.39, 0.29) is 29.0 Å². The number of esters is 1. The van der Waals surface area contributed by atoms with Crippen molar-refractivity contribution in [3.8, 4) is 0 Å². The number of nitrogens with one attached hydrogen (secondary N) is 2. The maximum Gasteiger partial charge on any atom is 0.328 e. The number of likely N-dealkylation sites (tertiary alicyclic amines) is 1. The van der Waals surface area contributed by atoms with Crippen LogP contribution in [-0.4, -0.2) is 82.3 Å². The number of hydrogen-bond donors (Lipinski definition) is 2. The zero-order valence-corrected chi connectivity index (χ0v) is 33.3. The first-order chi connectivity index (χ1) is 27.3. The van der Waals surface area contributed by atoms with E-state index in [0.717, 1.165) is 48.8 Å². The van der Waals surface area contributed by atoms with Gasteiger partial charge in [0, 0.05) is 24.9 Å². The molecule has 0 saturated carbocycles. The predicted molar refractivity (Wildman–Crippen MR) is 218 cm³/mol. The first-order valence-electron chi connectivity index (χ1n) is 20.3. The molecule has 56 heavy (non-hydrogen) atoms. The van der Waals surface area contributed by atoms with Gasteiger partial charge >= 0.3 is 5.97 Å². The summed E-state index contributed by atoms with van der Waals surface area (Å²) in [5, 5.41) is 6.15. The third-order valence-corrected chi connectivity index (χ3v) is 12.8. The Kier molecular flexibility index (Phi) is 15.0. The van der Waals surface area contributed by atoms with E-state index in [0.29, 0.717) is 63.8 Å². The van der Waals surface area contributed by atoms with Crippen LogP contribution in [0.3, 0.4) is 0 Å². The highest BCUT2D eigenvalue weighted by molar-refractivity contribution is 7.99. The number of benzene rings is 3. The molecular formula is C45H56N4O6S. The molecule has 0 spiro atoms. The lowest BCUT2D eigenvalue weighted by Gasteiger charge is -2.40. The third-order valence-electron chi connectivity index (χ3n) is 11.5. The van der Waals surface area contributed by atoms with E-state index in [1.54, 1.807) is 16.7 Å². The number of amides is 4. The Labute approximate surface area is 335 Å². The fourth-order valence-corrected chi connectivity index (χ4v) is 9.75. The van der Waals surface area contributed by atoms with Crippen molar-refractivity contribution in [3.63, 3.8) is 0 Å². The standard InChI is InChI=1S/C45H56N4O6S/c1-55-45(54)39-22-14-23-40-49(39)44(53)38(26-28-56-40)47-42(51)36(30-33-17-8-3-9-18-33)25-24-35(29-32-15-6-2-7-16-32)41(50)46-37-21-12-5-13-27-48(43(37)52)31-34-19-10-4-11-20-34/h2-4,6-11,15-20,35-40H,5,12-14,21-31H2,1H3,(H,46,50)(H,47,51). The molecule has 6 rings (SSSR count). The van der Waals surface area contributed by atoms with Gasteiger partial charge in [-0.1, -0.05) is 104 Å². The van der Waals surface area contributed by atoms with Crippen LogP contribution in [0.4, 0.5) is 0 Å². The van der Waals surface area contributed by atoms with Crippen molar-refractivity contribution in [2.45, 2.75) is 107 Å². The van der Waals surface area contributed by atoms with E-state index < -0.39 is 35.9 Å². The fourth-order valence-electron chi connectivity index (χ4n) is 8.36. The number of fused-ring (bicyclic) bond motifs is 1. The Morgan fingerprint density at radius 3 is 1.80 bits per heavy atom. The van der Waals surface area contributed by atoms with Crippen molar-refractivity contribution in [3.05, 3.63) is 108 Å². The van der Waals surface area contributed by atoms with Gasteiger partial charge in [-0.05, 0) is 86.7 Å². The smallest absolute Gasteiger partial charge is 0.328 e. The summed E-state index contributed by atoms with van der Waals surface area (Å²) in [4.78, 5) is 73.0. The number of thioether (sulfide) groups is 1. The minimum absolute atomic E-state index is 0.0571. The van der Waals surface area contributed by atoms with Gasteiger partial charge in [0.25, 0.3) is 0 Å². The average Bonchev–Trinajstić information content (AvgIpc) is 3.38. The van der Waals surface area contributed by atoms with E-state index >= 15 is 0 Å². The van der Waals surface area contributed by atoms with Crippen LogP contribution in [0.25, 0.3) is 0 Å². The van der Waals surface area contributed by atoms with Crippen molar-refractivity contribution < 1.29 is 28.7 Å². The summed E-state index contributed by atoms with van der Waals surface area (Å²) in [5.74, 6) is -1.49. The molecule has 3 aliphatic heterocycles. The number of carbonyl (C=O) groups is 5. The normalized spacial score (nSPS) is 22.7. The lowest BCUT2D eigenvalue weighted by molar-refractivity contribution is -0.156. The molecule has 0 aliphatic carbocycles. The number of nitrogens with zero attached hydrogens (tertiary/aromatic N) is 2. The van der Waals surface area contributed by atoms with Gasteiger partial charge < -0.3 is 25.2 Å². The van der Waals surface area contributed by atoms with E-state index in [1.807, 2.05) is 95.9 Å². The predicted octanol–water partition coefficient (Wildman–Crippen LogP) is 6.07. The molecule has 6 atom stereocenters. The summed E-state index contributed by atoms with van der Waals surface area (Å²) < 4.78 is 5.08. The maximum atomic E-state index is 14.3. The molecule has 0 radical (unpaired) electrons. The minimum atomic E-state index is -0.767. The number of piperidine rings is 1. The summed E-state index contributed by atoms with van der Waals surface area (Å²) in [6, 6.07) is 27.5. The summed E-state index contributed by atoms with van der Waals surface area (Å²) in [6.07, 6.45) is 7.68. The minimum Gasteiger partial charge on any atom is -0.467 e. The number of methoxy groups -OCH3 is 1. The molecule has 3 aliphatic rings. The van der Waals surface area contributed by atoms with Crippen LogP contribution >= 0.6 is 11.8 Å². The molecular weight excluding hydrogens is 725 g/mol. The molecule has 3 heterocycles. The number of ether oxygens (including phenoxy) is 1. The number of hydrogen-bond acceptors (Lipinski definition) is 7. The second-order valence-corrected chi connectivity index (χ2v) is 16.7. The van der Waals surface area contributed by atoms with Gasteiger partial charge in [0.15, 0.2) is 0 Å². The van der Waals surface area contributed by atoms with Crippen LogP contribution in [0.1, 0.15) is 80.9 Å². The summed E-state index contributed by atoms with van der Waals surface area (Å²) in [5.41, 5.74) is 3.05. The Morgan fingerprint density at radius 2 is 1.23 bits per heavy atom. The number of carbonyl (C=O) groups excluding carboxylic acids is 5. The van der Waals surface area contributed by atoms with Crippen molar-refractivity contribution >= 4 is 41.4 Å². The van der Waals surface area contributed by atoms with Gasteiger partial charge in [-0.15, -0.1) is 11.8 Å². The van der Waals surface area contributed by atoms with Crippen LogP contribution in [0.5, 0.6) is 0 Å². The fraction of sp³-hybridized carbons (Fsp3) is 0.489. The number of rotatable bonds is 14. The van der Waals surface area contributed by atoms with Crippen LogP contribution in [0.2, 0.25) is 0 Å². The van der Waals surface area contributed by atoms with Gasteiger partial charge in [-0.25, -0.2) is 4.79 Å². The Balaban J connectivity index is 1.19. The molecule has 3 aromatic rings. The average molecular weight is 781 g/mol. The highest BCUT2D eigenvalue weighted by atomic mass is 32.2. The molecule has 3 aromatic carbocycles. The Morgan fingerprint density at radius 1 is 0.679 bits per heavy atom. The van der Waals surface area contributed by atoms with Crippen LogP contribution in [0, 0.1) is 11.8 Å². The van der Waals surface area contributed by atoms with Crippen molar-refractivity contribution in [1.29, 1.82) is 0 Å². The lowest BCUT2D eigenvalue weighted by Crippen LogP contribution is -2.57.